The molecule has 10 heteroatoms. The average Bonchev–Trinajstić information content (AvgIpc) is 2.78. The number of amides is 2. The minimum absolute atomic E-state index is 0.186. The maximum atomic E-state index is 13.5. The fourth-order valence-corrected chi connectivity index (χ4v) is 5.45. The molecule has 1 fully saturated rings. The highest BCUT2D eigenvalue weighted by Gasteiger charge is 2.50. The number of benzene rings is 2. The number of hydrogen-bond acceptors (Lipinski definition) is 5. The summed E-state index contributed by atoms with van der Waals surface area (Å²) in [6.45, 7) is 8.07. The first kappa shape index (κ1) is 28.1. The van der Waals surface area contributed by atoms with Gasteiger partial charge in [-0.15, -0.1) is 0 Å². The number of nitrogens with one attached hydrogen (secondary N) is 1. The Balaban J connectivity index is 1.76. The van der Waals surface area contributed by atoms with Crippen LogP contribution in [0.3, 0.4) is 0 Å². The van der Waals surface area contributed by atoms with Crippen molar-refractivity contribution in [3.63, 3.8) is 0 Å². The maximum Gasteiger partial charge on any atom is 0.269 e. The first-order valence-electron chi connectivity index (χ1n) is 11.8. The van der Waals surface area contributed by atoms with E-state index in [1.165, 1.54) is 24.3 Å². The molecule has 0 radical (unpaired) electrons. The van der Waals surface area contributed by atoms with Gasteiger partial charge in [-0.3, -0.25) is 14.1 Å². The highest BCUT2D eigenvalue weighted by atomic mass is 35.5. The van der Waals surface area contributed by atoms with E-state index in [1.54, 1.807) is 29.2 Å². The lowest BCUT2D eigenvalue weighted by Gasteiger charge is -2.51. The van der Waals surface area contributed by atoms with Crippen molar-refractivity contribution < 1.29 is 27.7 Å². The Hall–Kier alpha value is -2.46. The molecule has 196 valence electrons. The van der Waals surface area contributed by atoms with Gasteiger partial charge in [0.1, 0.15) is 11.8 Å². The van der Waals surface area contributed by atoms with Crippen molar-refractivity contribution in [2.75, 3.05) is 13.1 Å². The van der Waals surface area contributed by atoms with Gasteiger partial charge >= 0.3 is 0 Å². The van der Waals surface area contributed by atoms with Gasteiger partial charge in [0.25, 0.3) is 16.0 Å². The molecule has 8 nitrogen and oxygen atoms in total. The van der Waals surface area contributed by atoms with Gasteiger partial charge in [-0.1, -0.05) is 63.6 Å². The SMILES string of the molecule is CC(C)C(NC(=O)c1cccc(CS(=O)(=O)O)c1)C(=O)N1CCC(O)(c2ccc(Cl)cc2)C(C)(C)C1. The molecule has 0 aliphatic carbocycles. The standard InChI is InChI=1S/C26H33ClN2O6S/c1-17(2)22(28-23(30)19-7-5-6-18(14-19)15-36(33,34)35)24(31)29-13-12-26(32,25(3,4)16-29)20-8-10-21(27)11-9-20/h5-11,14,17,22,32H,12-13,15-16H2,1-4H3,(H,28,30)(H,33,34,35). The molecule has 0 bridgehead atoms. The molecule has 2 unspecified atom stereocenters. The van der Waals surface area contributed by atoms with Gasteiger partial charge in [0.15, 0.2) is 0 Å². The number of aliphatic hydroxyl groups is 1. The Morgan fingerprint density at radius 3 is 2.33 bits per heavy atom. The third-order valence-electron chi connectivity index (χ3n) is 6.84. The minimum Gasteiger partial charge on any atom is -0.384 e. The third-order valence-corrected chi connectivity index (χ3v) is 7.79. The molecule has 3 N–H and O–H groups in total. The predicted molar refractivity (Wildman–Crippen MR) is 138 cm³/mol. The van der Waals surface area contributed by atoms with Crippen molar-refractivity contribution in [3.8, 4) is 0 Å². The number of carbonyl (C=O) groups is 2. The Morgan fingerprint density at radius 1 is 1.14 bits per heavy atom. The fourth-order valence-electron chi connectivity index (χ4n) is 4.72. The van der Waals surface area contributed by atoms with Crippen molar-refractivity contribution >= 4 is 33.5 Å². The van der Waals surface area contributed by atoms with Crippen LogP contribution in [0.15, 0.2) is 48.5 Å². The van der Waals surface area contributed by atoms with E-state index in [9.17, 15) is 23.1 Å². The Kier molecular flexibility index (Phi) is 8.20. The summed E-state index contributed by atoms with van der Waals surface area (Å²) in [5, 5.41) is 15.0. The summed E-state index contributed by atoms with van der Waals surface area (Å²) in [5.41, 5.74) is -0.645. The molecule has 2 atom stereocenters. The normalized spacial score (nSPS) is 20.7. The molecule has 0 spiro atoms. The minimum atomic E-state index is -4.25. The number of hydrogen-bond donors (Lipinski definition) is 3. The number of nitrogens with zero attached hydrogens (tertiary/aromatic N) is 1. The second-order valence-electron chi connectivity index (χ2n) is 10.4. The summed E-state index contributed by atoms with van der Waals surface area (Å²) in [6, 6.07) is 12.2. The second-order valence-corrected chi connectivity index (χ2v) is 12.3. The zero-order chi connectivity index (χ0) is 26.9. The van der Waals surface area contributed by atoms with E-state index in [-0.39, 0.29) is 29.5 Å². The number of halogens is 1. The van der Waals surface area contributed by atoms with Crippen LogP contribution < -0.4 is 5.32 Å². The molecule has 1 saturated heterocycles. The number of piperidine rings is 1. The van der Waals surface area contributed by atoms with Gasteiger partial charge in [-0.05, 0) is 47.7 Å². The monoisotopic (exact) mass is 536 g/mol. The molecule has 2 aromatic rings. The van der Waals surface area contributed by atoms with Crippen LogP contribution in [0.4, 0.5) is 0 Å². The Morgan fingerprint density at radius 2 is 1.78 bits per heavy atom. The lowest BCUT2D eigenvalue weighted by molar-refractivity contribution is -0.155. The summed E-state index contributed by atoms with van der Waals surface area (Å²) in [7, 11) is -4.25. The Bertz CT molecular complexity index is 1230. The van der Waals surface area contributed by atoms with E-state index < -0.39 is 38.8 Å². The van der Waals surface area contributed by atoms with Crippen LogP contribution in [-0.4, -0.2) is 53.9 Å². The first-order valence-corrected chi connectivity index (χ1v) is 13.7. The van der Waals surface area contributed by atoms with Crippen molar-refractivity contribution in [2.24, 2.45) is 11.3 Å². The molecular formula is C26H33ClN2O6S. The van der Waals surface area contributed by atoms with Gasteiger partial charge in [0.2, 0.25) is 5.91 Å². The number of likely N-dealkylation sites (tertiary alicyclic amines) is 1. The van der Waals surface area contributed by atoms with Crippen molar-refractivity contribution in [1.29, 1.82) is 0 Å². The summed E-state index contributed by atoms with van der Waals surface area (Å²) < 4.78 is 31.5. The van der Waals surface area contributed by atoms with E-state index >= 15 is 0 Å². The molecular weight excluding hydrogens is 504 g/mol. The lowest BCUT2D eigenvalue weighted by Crippen LogP contribution is -2.60. The quantitative estimate of drug-likeness (QED) is 0.464. The van der Waals surface area contributed by atoms with Crippen LogP contribution in [0, 0.1) is 11.3 Å². The van der Waals surface area contributed by atoms with Crippen molar-refractivity contribution in [1.82, 2.24) is 10.2 Å². The molecule has 1 aliphatic heterocycles. The molecule has 0 saturated carbocycles. The van der Waals surface area contributed by atoms with Crippen molar-refractivity contribution in [2.45, 2.75) is 51.5 Å². The van der Waals surface area contributed by atoms with Crippen LogP contribution in [0.25, 0.3) is 0 Å². The van der Waals surface area contributed by atoms with Crippen LogP contribution >= 0.6 is 11.6 Å². The van der Waals surface area contributed by atoms with Crippen LogP contribution in [-0.2, 0) is 26.3 Å². The molecule has 3 rings (SSSR count). The largest absolute Gasteiger partial charge is 0.384 e. The first-order chi connectivity index (χ1) is 16.6. The van der Waals surface area contributed by atoms with Crippen LogP contribution in [0.5, 0.6) is 0 Å². The van der Waals surface area contributed by atoms with Gasteiger partial charge in [0, 0.05) is 29.1 Å². The molecule has 2 amide bonds. The van der Waals surface area contributed by atoms with Gasteiger partial charge in [-0.25, -0.2) is 0 Å². The molecule has 0 aromatic heterocycles. The second kappa shape index (κ2) is 10.5. The maximum absolute atomic E-state index is 13.5. The number of carbonyl (C=O) groups excluding carboxylic acids is 2. The average molecular weight is 537 g/mol. The lowest BCUT2D eigenvalue weighted by atomic mass is 9.66. The highest BCUT2D eigenvalue weighted by molar-refractivity contribution is 7.85. The Labute approximate surface area is 217 Å². The van der Waals surface area contributed by atoms with Gasteiger partial charge < -0.3 is 15.3 Å². The van der Waals surface area contributed by atoms with Crippen LogP contribution in [0.2, 0.25) is 5.02 Å². The van der Waals surface area contributed by atoms with Crippen LogP contribution in [0.1, 0.15) is 55.6 Å². The van der Waals surface area contributed by atoms with Gasteiger partial charge in [-0.2, -0.15) is 8.42 Å². The number of rotatable bonds is 7. The molecule has 2 aromatic carbocycles. The molecule has 1 aliphatic rings. The fraction of sp³-hybridized carbons (Fsp3) is 0.462. The predicted octanol–water partition coefficient (Wildman–Crippen LogP) is 3.63. The van der Waals surface area contributed by atoms with E-state index in [4.69, 9.17) is 16.2 Å². The van der Waals surface area contributed by atoms with E-state index in [1.807, 2.05) is 27.7 Å². The topological polar surface area (TPSA) is 124 Å². The molecule has 1 heterocycles. The zero-order valence-corrected chi connectivity index (χ0v) is 22.4. The van der Waals surface area contributed by atoms with Crippen molar-refractivity contribution in [3.05, 3.63) is 70.2 Å². The third kappa shape index (κ3) is 6.26. The van der Waals surface area contributed by atoms with Gasteiger partial charge in [0.05, 0.1) is 5.60 Å². The molecule has 36 heavy (non-hydrogen) atoms. The summed E-state index contributed by atoms with van der Waals surface area (Å²) in [5.74, 6) is -1.60. The smallest absolute Gasteiger partial charge is 0.269 e. The summed E-state index contributed by atoms with van der Waals surface area (Å²) in [4.78, 5) is 28.2. The summed E-state index contributed by atoms with van der Waals surface area (Å²) in [6.07, 6.45) is 0.323. The highest BCUT2D eigenvalue weighted by Crippen LogP contribution is 2.46. The van der Waals surface area contributed by atoms with E-state index in [0.717, 1.165) is 5.56 Å². The van der Waals surface area contributed by atoms with E-state index in [0.29, 0.717) is 18.0 Å². The zero-order valence-electron chi connectivity index (χ0n) is 20.9. The van der Waals surface area contributed by atoms with E-state index in [2.05, 4.69) is 5.32 Å². The summed E-state index contributed by atoms with van der Waals surface area (Å²) >= 11 is 6.01.